The lowest BCUT2D eigenvalue weighted by Gasteiger charge is -2.41. The molecule has 0 bridgehead atoms. The van der Waals surface area contributed by atoms with Gasteiger partial charge in [0.15, 0.2) is 5.96 Å². The lowest BCUT2D eigenvalue weighted by Crippen LogP contribution is -2.55. The van der Waals surface area contributed by atoms with Gasteiger partial charge in [-0.15, -0.1) is 24.0 Å². The maximum Gasteiger partial charge on any atom is 0.243 e. The second-order valence-electron chi connectivity index (χ2n) is 7.19. The van der Waals surface area contributed by atoms with Crippen LogP contribution in [0.1, 0.15) is 33.1 Å². The highest BCUT2D eigenvalue weighted by atomic mass is 127. The average molecular weight is 491 g/mol. The van der Waals surface area contributed by atoms with Gasteiger partial charge in [0, 0.05) is 24.8 Å². The smallest absolute Gasteiger partial charge is 0.243 e. The van der Waals surface area contributed by atoms with E-state index >= 15 is 0 Å². The SMILES string of the molecule is CN=C(NCC(=O)Nc1ccc(F)cc1)NCC(C)(C)N1CCCCC1.I. The van der Waals surface area contributed by atoms with Gasteiger partial charge in [0.25, 0.3) is 0 Å². The number of aliphatic imine (C=N–C) groups is 1. The van der Waals surface area contributed by atoms with Crippen LogP contribution in [0.4, 0.5) is 10.1 Å². The summed E-state index contributed by atoms with van der Waals surface area (Å²) < 4.78 is 12.9. The summed E-state index contributed by atoms with van der Waals surface area (Å²) >= 11 is 0. The van der Waals surface area contributed by atoms with Crippen LogP contribution in [0.5, 0.6) is 0 Å². The summed E-state index contributed by atoms with van der Waals surface area (Å²) in [6.45, 7) is 7.52. The molecule has 3 N–H and O–H groups in total. The molecule has 6 nitrogen and oxygen atoms in total. The van der Waals surface area contributed by atoms with Crippen molar-refractivity contribution < 1.29 is 9.18 Å². The molecule has 0 aromatic heterocycles. The van der Waals surface area contributed by atoms with E-state index in [1.807, 2.05) is 0 Å². The number of piperidine rings is 1. The summed E-state index contributed by atoms with van der Waals surface area (Å²) in [6.07, 6.45) is 3.81. The van der Waals surface area contributed by atoms with Gasteiger partial charge in [-0.25, -0.2) is 4.39 Å². The van der Waals surface area contributed by atoms with Crippen molar-refractivity contribution in [2.45, 2.75) is 38.6 Å². The van der Waals surface area contributed by atoms with Crippen molar-refractivity contribution in [1.82, 2.24) is 15.5 Å². The largest absolute Gasteiger partial charge is 0.355 e. The maximum atomic E-state index is 12.9. The Bertz CT molecular complexity index is 615. The van der Waals surface area contributed by atoms with E-state index in [4.69, 9.17) is 0 Å². The van der Waals surface area contributed by atoms with E-state index in [1.54, 1.807) is 7.05 Å². The van der Waals surface area contributed by atoms with Crippen LogP contribution in [-0.2, 0) is 4.79 Å². The normalized spacial score (nSPS) is 15.6. The number of hydrogen-bond acceptors (Lipinski definition) is 3. The Hall–Kier alpha value is -1.42. The maximum absolute atomic E-state index is 12.9. The van der Waals surface area contributed by atoms with Crippen LogP contribution in [-0.4, -0.2) is 55.5 Å². The molecule has 0 radical (unpaired) electrons. The zero-order chi connectivity index (χ0) is 19.0. The minimum absolute atomic E-state index is 0. The lowest BCUT2D eigenvalue weighted by atomic mass is 9.98. The van der Waals surface area contributed by atoms with Crippen molar-refractivity contribution >= 4 is 41.5 Å². The fourth-order valence-corrected chi connectivity index (χ4v) is 3.03. The Labute approximate surface area is 178 Å². The van der Waals surface area contributed by atoms with E-state index in [1.165, 1.54) is 43.5 Å². The molecule has 0 atom stereocenters. The van der Waals surface area contributed by atoms with Gasteiger partial charge in [-0.3, -0.25) is 14.7 Å². The predicted octanol–water partition coefficient (Wildman–Crippen LogP) is 2.81. The molecule has 1 fully saturated rings. The number of benzene rings is 1. The van der Waals surface area contributed by atoms with Gasteiger partial charge in [0.05, 0.1) is 6.54 Å². The first-order chi connectivity index (χ1) is 12.4. The number of guanidine groups is 1. The molecule has 152 valence electrons. The third-order valence-electron chi connectivity index (χ3n) is 4.67. The van der Waals surface area contributed by atoms with Crippen molar-refractivity contribution in [2.75, 3.05) is 38.5 Å². The number of carbonyl (C=O) groups is 1. The van der Waals surface area contributed by atoms with E-state index in [9.17, 15) is 9.18 Å². The highest BCUT2D eigenvalue weighted by Crippen LogP contribution is 2.19. The molecule has 0 saturated carbocycles. The van der Waals surface area contributed by atoms with Crippen molar-refractivity contribution in [3.05, 3.63) is 30.1 Å². The van der Waals surface area contributed by atoms with E-state index in [0.717, 1.165) is 19.6 Å². The summed E-state index contributed by atoms with van der Waals surface area (Å²) in [4.78, 5) is 18.7. The monoisotopic (exact) mass is 491 g/mol. The lowest BCUT2D eigenvalue weighted by molar-refractivity contribution is -0.115. The molecular formula is C19H31FIN5O. The third-order valence-corrected chi connectivity index (χ3v) is 4.67. The number of amides is 1. The molecule has 27 heavy (non-hydrogen) atoms. The predicted molar refractivity (Wildman–Crippen MR) is 119 cm³/mol. The number of carbonyl (C=O) groups excluding carboxylic acids is 1. The highest BCUT2D eigenvalue weighted by molar-refractivity contribution is 14.0. The van der Waals surface area contributed by atoms with E-state index < -0.39 is 0 Å². The fourth-order valence-electron chi connectivity index (χ4n) is 3.03. The summed E-state index contributed by atoms with van der Waals surface area (Å²) in [5.74, 6) is 0.0428. The number of rotatable bonds is 6. The Morgan fingerprint density at radius 2 is 1.78 bits per heavy atom. The number of hydrogen-bond donors (Lipinski definition) is 3. The minimum Gasteiger partial charge on any atom is -0.355 e. The molecule has 1 aromatic rings. The van der Waals surface area contributed by atoms with Gasteiger partial charge < -0.3 is 16.0 Å². The zero-order valence-corrected chi connectivity index (χ0v) is 18.7. The molecule has 8 heteroatoms. The van der Waals surface area contributed by atoms with Crippen molar-refractivity contribution in [3.8, 4) is 0 Å². The molecule has 0 unspecified atom stereocenters. The Morgan fingerprint density at radius 3 is 2.37 bits per heavy atom. The molecule has 1 aliphatic rings. The summed E-state index contributed by atoms with van der Waals surface area (Å²) in [6, 6.07) is 5.68. The van der Waals surface area contributed by atoms with Gasteiger partial charge in [0.2, 0.25) is 5.91 Å². The van der Waals surface area contributed by atoms with Crippen LogP contribution < -0.4 is 16.0 Å². The van der Waals surface area contributed by atoms with Gasteiger partial charge in [-0.1, -0.05) is 6.42 Å². The summed E-state index contributed by atoms with van der Waals surface area (Å²) in [7, 11) is 1.68. The molecule has 1 heterocycles. The van der Waals surface area contributed by atoms with Crippen molar-refractivity contribution in [1.29, 1.82) is 0 Å². The Morgan fingerprint density at radius 1 is 1.15 bits per heavy atom. The van der Waals surface area contributed by atoms with Gasteiger partial charge >= 0.3 is 0 Å². The van der Waals surface area contributed by atoms with Gasteiger partial charge in [-0.05, 0) is 64.0 Å². The molecule has 0 aliphatic carbocycles. The second kappa shape index (κ2) is 11.4. The van der Waals surface area contributed by atoms with Crippen molar-refractivity contribution in [2.24, 2.45) is 4.99 Å². The molecule has 1 amide bonds. The number of halogens is 2. The summed E-state index contributed by atoms with van der Waals surface area (Å²) in [5, 5.41) is 9.03. The van der Waals surface area contributed by atoms with Crippen LogP contribution in [0.2, 0.25) is 0 Å². The Balaban J connectivity index is 0.00000364. The fraction of sp³-hybridized carbons (Fsp3) is 0.579. The summed E-state index contributed by atoms with van der Waals surface area (Å²) in [5.41, 5.74) is 0.585. The molecule has 1 aliphatic heterocycles. The molecule has 1 saturated heterocycles. The molecule has 0 spiro atoms. The van der Waals surface area contributed by atoms with E-state index in [-0.39, 0.29) is 47.8 Å². The topological polar surface area (TPSA) is 68.8 Å². The first-order valence-electron chi connectivity index (χ1n) is 9.16. The van der Waals surface area contributed by atoms with Crippen LogP contribution >= 0.6 is 24.0 Å². The molecule has 1 aromatic carbocycles. The molecular weight excluding hydrogens is 460 g/mol. The number of likely N-dealkylation sites (tertiary alicyclic amines) is 1. The number of anilines is 1. The standard InChI is InChI=1S/C19H30FN5O.HI/c1-19(2,25-11-5-4-6-12-25)14-23-18(21-3)22-13-17(26)24-16-9-7-15(20)8-10-16;/h7-10H,4-6,11-14H2,1-3H3,(H,24,26)(H2,21,22,23);1H. The van der Waals surface area contributed by atoms with Crippen molar-refractivity contribution in [3.63, 3.8) is 0 Å². The van der Waals surface area contributed by atoms with Gasteiger partial charge in [-0.2, -0.15) is 0 Å². The number of nitrogens with one attached hydrogen (secondary N) is 3. The van der Waals surface area contributed by atoms with Crippen LogP contribution in [0.25, 0.3) is 0 Å². The first kappa shape index (κ1) is 23.6. The van der Waals surface area contributed by atoms with Crippen LogP contribution in [0.15, 0.2) is 29.3 Å². The molecule has 2 rings (SSSR count). The van der Waals surface area contributed by atoms with Crippen LogP contribution in [0, 0.1) is 5.82 Å². The Kier molecular flexibility index (Phi) is 10.00. The second-order valence-corrected chi connectivity index (χ2v) is 7.19. The number of nitrogens with zero attached hydrogens (tertiary/aromatic N) is 2. The third kappa shape index (κ3) is 8.00. The first-order valence-corrected chi connectivity index (χ1v) is 9.16. The van der Waals surface area contributed by atoms with E-state index in [2.05, 4.69) is 39.7 Å². The average Bonchev–Trinajstić information content (AvgIpc) is 2.64. The van der Waals surface area contributed by atoms with Crippen LogP contribution in [0.3, 0.4) is 0 Å². The van der Waals surface area contributed by atoms with E-state index in [0.29, 0.717) is 11.6 Å². The highest BCUT2D eigenvalue weighted by Gasteiger charge is 2.27. The van der Waals surface area contributed by atoms with Gasteiger partial charge in [0.1, 0.15) is 5.82 Å². The zero-order valence-electron chi connectivity index (χ0n) is 16.3. The quantitative estimate of drug-likeness (QED) is 0.325. The minimum atomic E-state index is -0.331.